The van der Waals surface area contributed by atoms with Crippen molar-refractivity contribution in [3.8, 4) is 11.5 Å². The quantitative estimate of drug-likeness (QED) is 0.678. The second kappa shape index (κ2) is 9.21. The van der Waals surface area contributed by atoms with Crippen LogP contribution in [0.3, 0.4) is 0 Å². The molecule has 1 N–H and O–H groups in total. The summed E-state index contributed by atoms with van der Waals surface area (Å²) in [6.07, 6.45) is 1.15. The molecule has 0 heterocycles. The average Bonchev–Trinajstić information content (AvgIpc) is 2.53. The summed E-state index contributed by atoms with van der Waals surface area (Å²) >= 11 is 0. The zero-order chi connectivity index (χ0) is 17.4. The van der Waals surface area contributed by atoms with Crippen molar-refractivity contribution >= 4 is 5.69 Å². The van der Waals surface area contributed by atoms with E-state index in [0.29, 0.717) is 5.92 Å². The lowest BCUT2D eigenvalue weighted by atomic mass is 10.1. The van der Waals surface area contributed by atoms with Crippen LogP contribution in [0.2, 0.25) is 0 Å². The van der Waals surface area contributed by atoms with Crippen molar-refractivity contribution in [1.82, 2.24) is 0 Å². The molecule has 0 saturated carbocycles. The maximum absolute atomic E-state index is 5.94. The number of anilines is 1. The first-order valence-electron chi connectivity index (χ1n) is 8.73. The lowest BCUT2D eigenvalue weighted by Crippen LogP contribution is -2.22. The second-order valence-corrected chi connectivity index (χ2v) is 6.68. The predicted molar refractivity (Wildman–Crippen MR) is 101 cm³/mol. The van der Waals surface area contributed by atoms with Gasteiger partial charge in [-0.2, -0.15) is 0 Å². The molecule has 0 amide bonds. The summed E-state index contributed by atoms with van der Waals surface area (Å²) in [4.78, 5) is 0. The van der Waals surface area contributed by atoms with Crippen molar-refractivity contribution in [2.75, 3.05) is 18.5 Å². The van der Waals surface area contributed by atoms with E-state index in [2.05, 4.69) is 51.2 Å². The van der Waals surface area contributed by atoms with E-state index >= 15 is 0 Å². The van der Waals surface area contributed by atoms with Gasteiger partial charge in [-0.3, -0.25) is 0 Å². The maximum atomic E-state index is 5.94. The molecule has 2 aromatic rings. The Morgan fingerprint density at radius 2 is 1.71 bits per heavy atom. The summed E-state index contributed by atoms with van der Waals surface area (Å²) < 4.78 is 11.7. The van der Waals surface area contributed by atoms with Gasteiger partial charge in [0.15, 0.2) is 0 Å². The van der Waals surface area contributed by atoms with Gasteiger partial charge in [0.1, 0.15) is 17.6 Å². The van der Waals surface area contributed by atoms with Gasteiger partial charge in [0, 0.05) is 11.8 Å². The number of rotatable bonds is 9. The first-order chi connectivity index (χ1) is 11.5. The number of benzene rings is 2. The third-order valence-electron chi connectivity index (χ3n) is 3.72. The standard InChI is InChI=1S/C21H29NO2/c1-16(2)11-12-23-20-9-6-8-19(14-20)22-15-18(4)24-21-10-5-7-17(3)13-21/h5-10,13-14,16,18,22H,11-12,15H2,1-4H3. The topological polar surface area (TPSA) is 30.5 Å². The number of ether oxygens (including phenoxy) is 2. The molecular weight excluding hydrogens is 298 g/mol. The van der Waals surface area contributed by atoms with Gasteiger partial charge in [-0.25, -0.2) is 0 Å². The van der Waals surface area contributed by atoms with E-state index in [9.17, 15) is 0 Å². The zero-order valence-electron chi connectivity index (χ0n) is 15.2. The van der Waals surface area contributed by atoms with Crippen molar-refractivity contribution in [2.45, 2.75) is 40.2 Å². The van der Waals surface area contributed by atoms with Gasteiger partial charge in [0.05, 0.1) is 13.2 Å². The van der Waals surface area contributed by atoms with Crippen LogP contribution in [0.15, 0.2) is 48.5 Å². The van der Waals surface area contributed by atoms with Crippen molar-refractivity contribution in [2.24, 2.45) is 5.92 Å². The maximum Gasteiger partial charge on any atom is 0.121 e. The minimum Gasteiger partial charge on any atom is -0.494 e. The molecule has 0 aliphatic carbocycles. The molecule has 130 valence electrons. The molecule has 0 bridgehead atoms. The van der Waals surface area contributed by atoms with Gasteiger partial charge in [0.2, 0.25) is 0 Å². The van der Waals surface area contributed by atoms with Gasteiger partial charge in [-0.15, -0.1) is 0 Å². The third-order valence-corrected chi connectivity index (χ3v) is 3.72. The Bertz CT molecular complexity index is 625. The summed E-state index contributed by atoms with van der Waals surface area (Å²) in [7, 11) is 0. The third kappa shape index (κ3) is 6.53. The van der Waals surface area contributed by atoms with Crippen LogP contribution in [0.1, 0.15) is 32.8 Å². The van der Waals surface area contributed by atoms with Crippen molar-refractivity contribution in [1.29, 1.82) is 0 Å². The zero-order valence-corrected chi connectivity index (χ0v) is 15.2. The Hall–Kier alpha value is -2.16. The number of nitrogens with one attached hydrogen (secondary N) is 1. The lowest BCUT2D eigenvalue weighted by molar-refractivity contribution is 0.234. The molecule has 2 rings (SSSR count). The molecule has 0 radical (unpaired) electrons. The van der Waals surface area contributed by atoms with E-state index in [4.69, 9.17) is 9.47 Å². The summed E-state index contributed by atoms with van der Waals surface area (Å²) in [5.74, 6) is 2.48. The van der Waals surface area contributed by atoms with E-state index in [0.717, 1.165) is 36.8 Å². The van der Waals surface area contributed by atoms with E-state index < -0.39 is 0 Å². The first-order valence-corrected chi connectivity index (χ1v) is 8.73. The molecule has 0 aliphatic rings. The molecule has 0 aliphatic heterocycles. The molecule has 3 heteroatoms. The Kier molecular flexibility index (Phi) is 6.98. The second-order valence-electron chi connectivity index (χ2n) is 6.68. The SMILES string of the molecule is Cc1cccc(OC(C)CNc2cccc(OCCC(C)C)c2)c1. The van der Waals surface area contributed by atoms with Crippen LogP contribution < -0.4 is 14.8 Å². The van der Waals surface area contributed by atoms with Crippen molar-refractivity contribution in [3.05, 3.63) is 54.1 Å². The molecule has 0 spiro atoms. The van der Waals surface area contributed by atoms with Crippen molar-refractivity contribution in [3.63, 3.8) is 0 Å². The molecule has 1 unspecified atom stereocenters. The van der Waals surface area contributed by atoms with Gasteiger partial charge in [-0.05, 0) is 56.0 Å². The van der Waals surface area contributed by atoms with Gasteiger partial charge < -0.3 is 14.8 Å². The van der Waals surface area contributed by atoms with Crippen molar-refractivity contribution < 1.29 is 9.47 Å². The largest absolute Gasteiger partial charge is 0.494 e. The summed E-state index contributed by atoms with van der Waals surface area (Å²) in [5, 5.41) is 3.41. The van der Waals surface area contributed by atoms with E-state index in [1.165, 1.54) is 5.56 Å². The fourth-order valence-corrected chi connectivity index (χ4v) is 2.33. The Labute approximate surface area is 146 Å². The number of hydrogen-bond donors (Lipinski definition) is 1. The van der Waals surface area contributed by atoms with Crippen LogP contribution >= 0.6 is 0 Å². The molecule has 24 heavy (non-hydrogen) atoms. The molecule has 3 nitrogen and oxygen atoms in total. The molecule has 1 atom stereocenters. The monoisotopic (exact) mass is 327 g/mol. The van der Waals surface area contributed by atoms with Gasteiger partial charge in [-0.1, -0.05) is 32.0 Å². The number of aryl methyl sites for hydroxylation is 1. The van der Waals surface area contributed by atoms with Crippen LogP contribution in [-0.2, 0) is 0 Å². The Balaban J connectivity index is 1.80. The first kappa shape index (κ1) is 18.2. The van der Waals surface area contributed by atoms with Gasteiger partial charge in [0.25, 0.3) is 0 Å². The van der Waals surface area contributed by atoms with Crippen LogP contribution in [-0.4, -0.2) is 19.3 Å². The highest BCUT2D eigenvalue weighted by Crippen LogP contribution is 2.19. The van der Waals surface area contributed by atoms with Crippen LogP contribution in [0.25, 0.3) is 0 Å². The fourth-order valence-electron chi connectivity index (χ4n) is 2.33. The molecule has 0 fully saturated rings. The highest BCUT2D eigenvalue weighted by Gasteiger charge is 2.05. The molecule has 2 aromatic carbocycles. The van der Waals surface area contributed by atoms with Crippen LogP contribution in [0.5, 0.6) is 11.5 Å². The van der Waals surface area contributed by atoms with E-state index in [1.807, 2.05) is 30.3 Å². The van der Waals surface area contributed by atoms with Crippen LogP contribution in [0.4, 0.5) is 5.69 Å². The van der Waals surface area contributed by atoms with Gasteiger partial charge >= 0.3 is 0 Å². The number of hydrogen-bond acceptors (Lipinski definition) is 3. The highest BCUT2D eigenvalue weighted by atomic mass is 16.5. The summed E-state index contributed by atoms with van der Waals surface area (Å²) in [6, 6.07) is 16.2. The summed E-state index contributed by atoms with van der Waals surface area (Å²) in [5.41, 5.74) is 2.26. The molecule has 0 saturated heterocycles. The Morgan fingerprint density at radius 1 is 0.958 bits per heavy atom. The lowest BCUT2D eigenvalue weighted by Gasteiger charge is -2.17. The average molecular weight is 327 g/mol. The smallest absolute Gasteiger partial charge is 0.121 e. The van der Waals surface area contributed by atoms with Crippen LogP contribution in [0, 0.1) is 12.8 Å². The minimum absolute atomic E-state index is 0.0808. The predicted octanol–water partition coefficient (Wildman–Crippen LogP) is 5.30. The highest BCUT2D eigenvalue weighted by molar-refractivity contribution is 5.48. The minimum atomic E-state index is 0.0808. The summed E-state index contributed by atoms with van der Waals surface area (Å²) in [6.45, 7) is 10.0. The Morgan fingerprint density at radius 3 is 2.46 bits per heavy atom. The van der Waals surface area contributed by atoms with E-state index in [-0.39, 0.29) is 6.10 Å². The molecule has 0 aromatic heterocycles. The molecular formula is C21H29NO2. The normalized spacial score (nSPS) is 12.0. The van der Waals surface area contributed by atoms with E-state index in [1.54, 1.807) is 0 Å². The fraction of sp³-hybridized carbons (Fsp3) is 0.429.